The highest BCUT2D eigenvalue weighted by Gasteiger charge is 2.35. The van der Waals surface area contributed by atoms with Gasteiger partial charge in [0.1, 0.15) is 5.75 Å². The predicted molar refractivity (Wildman–Crippen MR) is 203 cm³/mol. The summed E-state index contributed by atoms with van der Waals surface area (Å²) >= 11 is 0. The Morgan fingerprint density at radius 2 is 1.39 bits per heavy atom. The van der Waals surface area contributed by atoms with Crippen molar-refractivity contribution in [2.45, 2.75) is 44.7 Å². The Balaban J connectivity index is 1.46. The third kappa shape index (κ3) is 7.23. The van der Waals surface area contributed by atoms with E-state index in [1.807, 2.05) is 24.3 Å². The standard InChI is InChI=1S/C42H47N3O9/c1-24(46)52-23-39(47)43-31-22-35(49-5)36-20-28(31)17-33-40-27(13-15-45(33)3)19-38(50-6)41(51-7)42(40)54-37-21-30-26(18-34(37)48-4)12-14-44(2)32(30)16-25-8-10-29(53-36)11-9-25/h8-11,18-22,32-33H,12-17,23H2,1-7H3,(H,43,47)/t32-,33-/m0/s1. The molecule has 4 heterocycles. The molecule has 4 aromatic rings. The highest BCUT2D eigenvalue weighted by Crippen LogP contribution is 2.52. The lowest BCUT2D eigenvalue weighted by atomic mass is 9.86. The number of likely N-dealkylation sites (N-methyl/N-ethyl adjacent to an activating group) is 2. The van der Waals surface area contributed by atoms with Crippen molar-refractivity contribution >= 4 is 17.6 Å². The van der Waals surface area contributed by atoms with E-state index >= 15 is 0 Å². The molecule has 284 valence electrons. The maximum Gasteiger partial charge on any atom is 0.303 e. The topological polar surface area (TPSA) is 117 Å². The number of rotatable bonds is 7. The molecular weight excluding hydrogens is 690 g/mol. The SMILES string of the molecule is COc1cc(NC(=O)COC(C)=O)c2cc1Oc1ccc(cc1)C[C@H]1c3cc(c(OC)cc3CCN1C)Oc1c(OC)c(OC)cc3c1[C@H](C2)N(C)CC3. The van der Waals surface area contributed by atoms with Crippen molar-refractivity contribution in [1.29, 1.82) is 0 Å². The maximum absolute atomic E-state index is 13.1. The lowest BCUT2D eigenvalue weighted by molar-refractivity contribution is -0.144. The molecule has 8 rings (SSSR count). The summed E-state index contributed by atoms with van der Waals surface area (Å²) in [7, 11) is 10.7. The zero-order valence-electron chi connectivity index (χ0n) is 31.9. The van der Waals surface area contributed by atoms with Gasteiger partial charge in [0, 0.05) is 49.4 Å². The normalized spacial score (nSPS) is 17.8. The molecule has 1 N–H and O–H groups in total. The minimum atomic E-state index is -0.548. The van der Waals surface area contributed by atoms with Gasteiger partial charge >= 0.3 is 5.97 Å². The second-order valence-corrected chi connectivity index (χ2v) is 14.0. The van der Waals surface area contributed by atoms with Gasteiger partial charge in [-0.05, 0) is 104 Å². The quantitative estimate of drug-likeness (QED) is 0.205. The van der Waals surface area contributed by atoms with Crippen LogP contribution in [0, 0.1) is 0 Å². The molecule has 0 aliphatic carbocycles. The molecule has 1 amide bonds. The molecule has 4 aliphatic heterocycles. The van der Waals surface area contributed by atoms with E-state index in [4.69, 9.17) is 33.2 Å². The second-order valence-electron chi connectivity index (χ2n) is 14.0. The van der Waals surface area contributed by atoms with Crippen LogP contribution in [-0.2, 0) is 40.0 Å². The number of amides is 1. The zero-order chi connectivity index (χ0) is 38.1. The van der Waals surface area contributed by atoms with Gasteiger partial charge in [0.05, 0.1) is 28.4 Å². The van der Waals surface area contributed by atoms with Crippen molar-refractivity contribution in [2.75, 3.05) is 67.5 Å². The van der Waals surface area contributed by atoms with Crippen LogP contribution in [0.4, 0.5) is 5.69 Å². The van der Waals surface area contributed by atoms with E-state index in [2.05, 4.69) is 53.5 Å². The van der Waals surface area contributed by atoms with Gasteiger partial charge in [-0.2, -0.15) is 0 Å². The van der Waals surface area contributed by atoms with Crippen molar-refractivity contribution in [2.24, 2.45) is 0 Å². The highest BCUT2D eigenvalue weighted by molar-refractivity contribution is 5.94. The Hall–Kier alpha value is -5.46. The Morgan fingerprint density at radius 1 is 0.741 bits per heavy atom. The van der Waals surface area contributed by atoms with Gasteiger partial charge in [-0.15, -0.1) is 0 Å². The molecule has 0 radical (unpaired) electrons. The van der Waals surface area contributed by atoms with Gasteiger partial charge in [0.25, 0.3) is 5.91 Å². The first kappa shape index (κ1) is 36.9. The molecule has 54 heavy (non-hydrogen) atoms. The minimum absolute atomic E-state index is 0.0962. The fourth-order valence-corrected chi connectivity index (χ4v) is 7.81. The third-order valence-electron chi connectivity index (χ3n) is 10.7. The molecular formula is C42H47N3O9. The fourth-order valence-electron chi connectivity index (χ4n) is 7.81. The molecule has 4 aliphatic rings. The van der Waals surface area contributed by atoms with E-state index in [1.54, 1.807) is 34.5 Å². The number of anilines is 1. The van der Waals surface area contributed by atoms with Crippen molar-refractivity contribution in [3.63, 3.8) is 0 Å². The molecule has 12 nitrogen and oxygen atoms in total. The number of benzene rings is 4. The van der Waals surface area contributed by atoms with Crippen LogP contribution >= 0.6 is 0 Å². The molecule has 2 atom stereocenters. The van der Waals surface area contributed by atoms with Crippen LogP contribution in [0.25, 0.3) is 0 Å². The molecule has 0 unspecified atom stereocenters. The van der Waals surface area contributed by atoms with Crippen molar-refractivity contribution in [1.82, 2.24) is 9.80 Å². The third-order valence-corrected chi connectivity index (χ3v) is 10.7. The van der Waals surface area contributed by atoms with Crippen LogP contribution in [0.1, 0.15) is 52.4 Å². The number of carbonyl (C=O) groups excluding carboxylic acids is 2. The summed E-state index contributed by atoms with van der Waals surface area (Å²) in [5.41, 5.74) is 6.81. The van der Waals surface area contributed by atoms with E-state index in [1.165, 1.54) is 18.1 Å². The Morgan fingerprint density at radius 3 is 2.07 bits per heavy atom. The number of nitrogens with zero attached hydrogens (tertiary/aromatic N) is 2. The molecule has 4 aromatic carbocycles. The summed E-state index contributed by atoms with van der Waals surface area (Å²) in [6.07, 6.45) is 2.82. The lowest BCUT2D eigenvalue weighted by Gasteiger charge is -2.37. The summed E-state index contributed by atoms with van der Waals surface area (Å²) in [4.78, 5) is 29.3. The van der Waals surface area contributed by atoms with Gasteiger partial charge in [0.2, 0.25) is 5.75 Å². The number of fused-ring (bicyclic) bond motifs is 2. The van der Waals surface area contributed by atoms with Crippen molar-refractivity contribution in [3.8, 4) is 46.0 Å². The van der Waals surface area contributed by atoms with E-state index < -0.39 is 18.5 Å². The zero-order valence-corrected chi connectivity index (χ0v) is 31.9. The van der Waals surface area contributed by atoms with Crippen molar-refractivity contribution in [3.05, 3.63) is 88.0 Å². The number of hydrogen-bond donors (Lipinski definition) is 1. The highest BCUT2D eigenvalue weighted by atomic mass is 16.6. The summed E-state index contributed by atoms with van der Waals surface area (Å²) in [5, 5.41) is 2.95. The van der Waals surface area contributed by atoms with Gasteiger partial charge < -0.3 is 38.5 Å². The minimum Gasteiger partial charge on any atom is -0.493 e. The number of methoxy groups -OCH3 is 4. The number of hydrogen-bond acceptors (Lipinski definition) is 11. The molecule has 0 fully saturated rings. The van der Waals surface area contributed by atoms with Gasteiger partial charge in [-0.1, -0.05) is 12.1 Å². The Labute approximate surface area is 315 Å². The summed E-state index contributed by atoms with van der Waals surface area (Å²) in [6, 6.07) is 17.8. The number of nitrogens with one attached hydrogen (secondary N) is 1. The van der Waals surface area contributed by atoms with E-state index in [0.717, 1.165) is 54.6 Å². The molecule has 0 saturated heterocycles. The Bertz CT molecular complexity index is 2070. The first-order chi connectivity index (χ1) is 26.1. The first-order valence-corrected chi connectivity index (χ1v) is 18.1. The van der Waals surface area contributed by atoms with Crippen LogP contribution in [0.3, 0.4) is 0 Å². The smallest absolute Gasteiger partial charge is 0.303 e. The fraction of sp³-hybridized carbons (Fsp3) is 0.381. The average Bonchev–Trinajstić information content (AvgIpc) is 3.16. The average molecular weight is 738 g/mol. The predicted octanol–water partition coefficient (Wildman–Crippen LogP) is 6.66. The number of carbonyl (C=O) groups is 2. The van der Waals surface area contributed by atoms with E-state index in [0.29, 0.717) is 58.1 Å². The van der Waals surface area contributed by atoms with Crippen molar-refractivity contribution < 1.29 is 42.7 Å². The van der Waals surface area contributed by atoms with Crippen LogP contribution in [0.2, 0.25) is 0 Å². The summed E-state index contributed by atoms with van der Waals surface area (Å²) < 4.78 is 42.3. The van der Waals surface area contributed by atoms with Crippen LogP contribution < -0.4 is 33.7 Å². The molecule has 12 heteroatoms. The first-order valence-electron chi connectivity index (χ1n) is 18.1. The van der Waals surface area contributed by atoms with Gasteiger partial charge in [-0.25, -0.2) is 0 Å². The van der Waals surface area contributed by atoms with Gasteiger partial charge in [-0.3, -0.25) is 19.4 Å². The summed E-state index contributed by atoms with van der Waals surface area (Å²) in [6.45, 7) is 2.50. The van der Waals surface area contributed by atoms with E-state index in [-0.39, 0.29) is 12.1 Å². The largest absolute Gasteiger partial charge is 0.493 e. The molecule has 6 bridgehead atoms. The Kier molecular flexibility index (Phi) is 10.6. The van der Waals surface area contributed by atoms with Crippen LogP contribution in [0.15, 0.2) is 54.6 Å². The lowest BCUT2D eigenvalue weighted by Crippen LogP contribution is -2.34. The maximum atomic E-state index is 13.1. The summed E-state index contributed by atoms with van der Waals surface area (Å²) in [5.74, 6) is 3.29. The monoisotopic (exact) mass is 737 g/mol. The molecule has 0 spiro atoms. The second kappa shape index (κ2) is 15.5. The van der Waals surface area contributed by atoms with E-state index in [9.17, 15) is 9.59 Å². The van der Waals surface area contributed by atoms with Gasteiger partial charge in [0.15, 0.2) is 41.1 Å². The van der Waals surface area contributed by atoms with Crippen LogP contribution in [-0.4, -0.2) is 83.9 Å². The van der Waals surface area contributed by atoms with Crippen LogP contribution in [0.5, 0.6) is 46.0 Å². The molecule has 0 saturated carbocycles. The molecule has 0 aromatic heterocycles. The number of ether oxygens (including phenoxy) is 7. The number of esters is 1.